The lowest BCUT2D eigenvalue weighted by Crippen LogP contribution is -2.43. The number of aromatic nitrogens is 3. The van der Waals surface area contributed by atoms with E-state index in [1.165, 1.54) is 6.08 Å². The summed E-state index contributed by atoms with van der Waals surface area (Å²) in [5, 5.41) is 20.9. The van der Waals surface area contributed by atoms with E-state index in [1.54, 1.807) is 13.8 Å². The zero-order valence-electron chi connectivity index (χ0n) is 10.7. The Kier molecular flexibility index (Phi) is 4.92. The third-order valence-corrected chi connectivity index (χ3v) is 2.32. The smallest absolute Gasteiger partial charge is 0.326 e. The van der Waals surface area contributed by atoms with Crippen molar-refractivity contribution in [2.24, 2.45) is 0 Å². The molecule has 0 saturated heterocycles. The fraction of sp³-hybridized carbons (Fsp3) is 0.364. The first-order valence-electron chi connectivity index (χ1n) is 5.53. The Morgan fingerprint density at radius 2 is 2.05 bits per heavy atom. The molecule has 8 heteroatoms. The minimum atomic E-state index is -1.14. The van der Waals surface area contributed by atoms with Gasteiger partial charge in [-0.3, -0.25) is 5.32 Å². The van der Waals surface area contributed by atoms with Crippen LogP contribution in [0.15, 0.2) is 12.7 Å². The minimum absolute atomic E-state index is 0.0170. The largest absolute Gasteiger partial charge is 0.480 e. The third kappa shape index (κ3) is 4.34. The fourth-order valence-electron chi connectivity index (χ4n) is 1.19. The number of hydrogen-bond donors (Lipinski definition) is 3. The van der Waals surface area contributed by atoms with Gasteiger partial charge in [-0.2, -0.15) is 5.10 Å². The van der Waals surface area contributed by atoms with E-state index in [0.717, 1.165) is 0 Å². The summed E-state index contributed by atoms with van der Waals surface area (Å²) in [5.41, 5.74) is 1.28. The summed E-state index contributed by atoms with van der Waals surface area (Å²) < 4.78 is 0. The predicted octanol–water partition coefficient (Wildman–Crippen LogP) is 0.639. The van der Waals surface area contributed by atoms with Crippen LogP contribution >= 0.6 is 0 Å². The van der Waals surface area contributed by atoms with Crippen molar-refractivity contribution in [3.05, 3.63) is 24.0 Å². The zero-order chi connectivity index (χ0) is 14.4. The number of hydrogen-bond acceptors (Lipinski definition) is 5. The normalized spacial score (nSPS) is 11.5. The van der Waals surface area contributed by atoms with Crippen molar-refractivity contribution in [2.75, 3.05) is 5.32 Å². The van der Waals surface area contributed by atoms with Crippen molar-refractivity contribution >= 4 is 17.9 Å². The Hall–Kier alpha value is -2.51. The molecule has 1 aromatic heterocycles. The number of nitrogens with one attached hydrogen (secondary N) is 2. The maximum atomic E-state index is 11.6. The molecule has 0 spiro atoms. The van der Waals surface area contributed by atoms with Gasteiger partial charge in [0.1, 0.15) is 6.04 Å². The van der Waals surface area contributed by atoms with Gasteiger partial charge in [-0.25, -0.2) is 14.6 Å². The summed E-state index contributed by atoms with van der Waals surface area (Å²) in [6.45, 7) is 6.89. The summed E-state index contributed by atoms with van der Waals surface area (Å²) in [6, 6.07) is -1.75. The first-order chi connectivity index (χ1) is 8.93. The van der Waals surface area contributed by atoms with Gasteiger partial charge in [0.05, 0.1) is 11.4 Å². The van der Waals surface area contributed by atoms with Gasteiger partial charge in [-0.05, 0) is 20.3 Å². The molecule has 1 atom stereocenters. The Bertz CT molecular complexity index is 503. The number of aliphatic carboxylic acids is 1. The van der Waals surface area contributed by atoms with Crippen molar-refractivity contribution in [1.29, 1.82) is 0 Å². The number of nitrogens with zero attached hydrogens (tertiary/aromatic N) is 3. The Morgan fingerprint density at radius 3 is 2.58 bits per heavy atom. The van der Waals surface area contributed by atoms with Gasteiger partial charge in [0.15, 0.2) is 0 Å². The van der Waals surface area contributed by atoms with Gasteiger partial charge < -0.3 is 10.4 Å². The molecule has 1 unspecified atom stereocenters. The topological polar surface area (TPSA) is 117 Å². The second-order valence-electron chi connectivity index (χ2n) is 3.82. The maximum Gasteiger partial charge on any atom is 0.326 e. The number of anilines is 1. The van der Waals surface area contributed by atoms with E-state index in [2.05, 4.69) is 32.4 Å². The van der Waals surface area contributed by atoms with Gasteiger partial charge in [-0.15, -0.1) is 11.7 Å². The number of aryl methyl sites for hydroxylation is 2. The summed E-state index contributed by atoms with van der Waals surface area (Å²) in [4.78, 5) is 26.4. The Labute approximate surface area is 110 Å². The predicted molar refractivity (Wildman–Crippen MR) is 67.7 cm³/mol. The minimum Gasteiger partial charge on any atom is -0.480 e. The quantitative estimate of drug-likeness (QED) is 0.672. The number of carboxylic acids is 1. The van der Waals surface area contributed by atoms with Crippen molar-refractivity contribution in [3.8, 4) is 0 Å². The van der Waals surface area contributed by atoms with Crippen molar-refractivity contribution < 1.29 is 14.7 Å². The summed E-state index contributed by atoms with van der Waals surface area (Å²) >= 11 is 0. The van der Waals surface area contributed by atoms with E-state index < -0.39 is 18.0 Å². The van der Waals surface area contributed by atoms with E-state index in [9.17, 15) is 9.59 Å². The van der Waals surface area contributed by atoms with Gasteiger partial charge >= 0.3 is 12.0 Å². The molecule has 0 aliphatic rings. The lowest BCUT2D eigenvalue weighted by atomic mass is 10.2. The van der Waals surface area contributed by atoms with Crippen LogP contribution in [0.4, 0.5) is 10.7 Å². The Morgan fingerprint density at radius 1 is 1.37 bits per heavy atom. The lowest BCUT2D eigenvalue weighted by molar-refractivity contribution is -0.139. The number of rotatable bonds is 5. The molecule has 0 aliphatic heterocycles. The molecule has 1 heterocycles. The first kappa shape index (κ1) is 14.6. The lowest BCUT2D eigenvalue weighted by Gasteiger charge is -2.12. The van der Waals surface area contributed by atoms with Crippen LogP contribution in [0, 0.1) is 13.8 Å². The molecule has 102 valence electrons. The summed E-state index contributed by atoms with van der Waals surface area (Å²) in [5.74, 6) is -1.13. The monoisotopic (exact) mass is 265 g/mol. The van der Waals surface area contributed by atoms with Crippen molar-refractivity contribution in [2.45, 2.75) is 26.3 Å². The molecule has 19 heavy (non-hydrogen) atoms. The Balaban J connectivity index is 2.65. The summed E-state index contributed by atoms with van der Waals surface area (Å²) in [6.07, 6.45) is 1.53. The summed E-state index contributed by atoms with van der Waals surface area (Å²) in [7, 11) is 0. The van der Waals surface area contributed by atoms with Crippen molar-refractivity contribution in [1.82, 2.24) is 20.5 Å². The van der Waals surface area contributed by atoms with Gasteiger partial charge in [0, 0.05) is 0 Å². The number of carbonyl (C=O) groups is 2. The number of amides is 2. The van der Waals surface area contributed by atoms with Crippen molar-refractivity contribution in [3.63, 3.8) is 0 Å². The van der Waals surface area contributed by atoms with Crippen LogP contribution in [0.25, 0.3) is 0 Å². The second-order valence-corrected chi connectivity index (χ2v) is 3.82. The third-order valence-electron chi connectivity index (χ3n) is 2.32. The van der Waals surface area contributed by atoms with E-state index in [-0.39, 0.29) is 12.4 Å². The highest BCUT2D eigenvalue weighted by Crippen LogP contribution is 2.02. The van der Waals surface area contributed by atoms with Gasteiger partial charge in [-0.1, -0.05) is 6.08 Å². The highest BCUT2D eigenvalue weighted by molar-refractivity contribution is 5.90. The average molecular weight is 265 g/mol. The number of urea groups is 1. The molecule has 0 radical (unpaired) electrons. The molecule has 1 rings (SSSR count). The van der Waals surface area contributed by atoms with E-state index in [0.29, 0.717) is 11.4 Å². The van der Waals surface area contributed by atoms with Gasteiger partial charge in [0.25, 0.3) is 5.95 Å². The molecule has 0 aromatic carbocycles. The van der Waals surface area contributed by atoms with Crippen LogP contribution in [0.1, 0.15) is 17.8 Å². The van der Waals surface area contributed by atoms with Crippen LogP contribution in [-0.4, -0.2) is 38.3 Å². The average Bonchev–Trinajstić information content (AvgIpc) is 2.33. The molecule has 8 nitrogen and oxygen atoms in total. The van der Waals surface area contributed by atoms with Crippen LogP contribution in [0.5, 0.6) is 0 Å². The maximum absolute atomic E-state index is 11.6. The molecule has 3 N–H and O–H groups in total. The zero-order valence-corrected chi connectivity index (χ0v) is 10.7. The van der Waals surface area contributed by atoms with E-state index in [1.807, 2.05) is 0 Å². The first-order valence-corrected chi connectivity index (χ1v) is 5.53. The van der Waals surface area contributed by atoms with E-state index in [4.69, 9.17) is 5.11 Å². The SMILES string of the molecule is C=CCC(NC(=O)Nc1nnc(C)c(C)n1)C(=O)O. The molecule has 1 aromatic rings. The van der Waals surface area contributed by atoms with Crippen LogP contribution in [-0.2, 0) is 4.79 Å². The molecule has 0 aliphatic carbocycles. The molecular weight excluding hydrogens is 250 g/mol. The molecular formula is C11H15N5O3. The fourth-order valence-corrected chi connectivity index (χ4v) is 1.19. The van der Waals surface area contributed by atoms with Gasteiger partial charge in [0.2, 0.25) is 0 Å². The molecule has 0 saturated carbocycles. The van der Waals surface area contributed by atoms with Crippen LogP contribution in [0.2, 0.25) is 0 Å². The van der Waals surface area contributed by atoms with E-state index >= 15 is 0 Å². The second kappa shape index (κ2) is 6.43. The van der Waals surface area contributed by atoms with Crippen LogP contribution in [0.3, 0.4) is 0 Å². The molecule has 2 amide bonds. The van der Waals surface area contributed by atoms with Crippen LogP contribution < -0.4 is 10.6 Å². The number of carbonyl (C=O) groups excluding carboxylic acids is 1. The highest BCUT2D eigenvalue weighted by atomic mass is 16.4. The highest BCUT2D eigenvalue weighted by Gasteiger charge is 2.18. The molecule has 0 fully saturated rings. The standard InChI is InChI=1S/C11H15N5O3/c1-4-5-8(9(17)18)13-11(19)14-10-12-6(2)7(3)15-16-10/h4,8H,1,5H2,2-3H3,(H,17,18)(H2,12,13,14,16,19). The number of carboxylic acid groups (broad SMARTS) is 1. The molecule has 0 bridgehead atoms.